The number of carbonyl (C=O) groups excluding carboxylic acids is 1. The van der Waals surface area contributed by atoms with E-state index in [1.807, 2.05) is 20.8 Å². The Morgan fingerprint density at radius 3 is 2.00 bits per heavy atom. The lowest BCUT2D eigenvalue weighted by atomic mass is 9.76. The van der Waals surface area contributed by atoms with Crippen molar-refractivity contribution in [3.63, 3.8) is 0 Å². The molecule has 0 saturated heterocycles. The zero-order chi connectivity index (χ0) is 12.2. The molecule has 15 heavy (non-hydrogen) atoms. The summed E-state index contributed by atoms with van der Waals surface area (Å²) in [6.07, 6.45) is 0.809. The Morgan fingerprint density at radius 1 is 1.27 bits per heavy atom. The summed E-state index contributed by atoms with van der Waals surface area (Å²) in [5, 5.41) is 10.4. The molecule has 0 bridgehead atoms. The van der Waals surface area contributed by atoms with E-state index in [1.165, 1.54) is 7.11 Å². The van der Waals surface area contributed by atoms with Crippen molar-refractivity contribution in [3.05, 3.63) is 0 Å². The third-order valence-corrected chi connectivity index (χ3v) is 2.97. The van der Waals surface area contributed by atoms with Crippen molar-refractivity contribution in [3.8, 4) is 0 Å². The lowest BCUT2D eigenvalue weighted by Gasteiger charge is -2.35. The topological polar surface area (TPSA) is 46.5 Å². The van der Waals surface area contributed by atoms with Crippen LogP contribution in [0.15, 0.2) is 0 Å². The van der Waals surface area contributed by atoms with Crippen LogP contribution in [-0.4, -0.2) is 23.8 Å². The highest BCUT2D eigenvalue weighted by Crippen LogP contribution is 2.31. The molecule has 0 aromatic heterocycles. The van der Waals surface area contributed by atoms with Gasteiger partial charge in [-0.1, -0.05) is 34.6 Å². The van der Waals surface area contributed by atoms with E-state index in [2.05, 4.69) is 13.8 Å². The van der Waals surface area contributed by atoms with Gasteiger partial charge in [-0.15, -0.1) is 0 Å². The number of hydrogen-bond acceptors (Lipinski definition) is 3. The highest BCUT2D eigenvalue weighted by Gasteiger charge is 2.45. The maximum Gasteiger partial charge on any atom is 0.338 e. The van der Waals surface area contributed by atoms with E-state index in [-0.39, 0.29) is 11.8 Å². The summed E-state index contributed by atoms with van der Waals surface area (Å²) in [5.41, 5.74) is -1.36. The molecular formula is C12H24O3. The van der Waals surface area contributed by atoms with Crippen molar-refractivity contribution in [1.82, 2.24) is 0 Å². The minimum atomic E-state index is -1.36. The highest BCUT2D eigenvalue weighted by atomic mass is 16.5. The molecule has 0 aliphatic heterocycles. The van der Waals surface area contributed by atoms with Gasteiger partial charge < -0.3 is 9.84 Å². The third kappa shape index (κ3) is 3.20. The minimum Gasteiger partial charge on any atom is -0.467 e. The van der Waals surface area contributed by atoms with Crippen molar-refractivity contribution in [2.24, 2.45) is 17.8 Å². The van der Waals surface area contributed by atoms with Gasteiger partial charge in [0.05, 0.1) is 7.11 Å². The summed E-state index contributed by atoms with van der Waals surface area (Å²) in [4.78, 5) is 11.6. The molecule has 0 spiro atoms. The Morgan fingerprint density at radius 2 is 1.73 bits per heavy atom. The summed E-state index contributed by atoms with van der Waals surface area (Å²) in [6, 6.07) is 0. The van der Waals surface area contributed by atoms with Gasteiger partial charge in [0.25, 0.3) is 0 Å². The Hall–Kier alpha value is -0.570. The molecule has 0 aromatic carbocycles. The summed E-state index contributed by atoms with van der Waals surface area (Å²) in [7, 11) is 1.32. The fraction of sp³-hybridized carbons (Fsp3) is 0.917. The van der Waals surface area contributed by atoms with Crippen LogP contribution >= 0.6 is 0 Å². The lowest BCUT2D eigenvalue weighted by Crippen LogP contribution is -2.50. The average molecular weight is 216 g/mol. The molecule has 0 aromatic rings. The Bertz CT molecular complexity index is 211. The van der Waals surface area contributed by atoms with Crippen molar-refractivity contribution >= 4 is 5.97 Å². The third-order valence-electron chi connectivity index (χ3n) is 2.97. The summed E-state index contributed by atoms with van der Waals surface area (Å²) >= 11 is 0. The molecule has 1 N–H and O–H groups in total. The maximum atomic E-state index is 11.6. The smallest absolute Gasteiger partial charge is 0.338 e. The standard InChI is InChI=1S/C12H24O3/c1-8(2)7-10(5)12(14,9(3)4)11(13)15-6/h8-10,14H,7H2,1-6H3. The fourth-order valence-electron chi connectivity index (χ4n) is 2.06. The summed E-state index contributed by atoms with van der Waals surface area (Å²) in [5.74, 6) is -0.302. The van der Waals surface area contributed by atoms with Crippen LogP contribution in [0.2, 0.25) is 0 Å². The van der Waals surface area contributed by atoms with Crippen LogP contribution in [0.3, 0.4) is 0 Å². The monoisotopic (exact) mass is 216 g/mol. The van der Waals surface area contributed by atoms with Crippen LogP contribution in [0.25, 0.3) is 0 Å². The van der Waals surface area contributed by atoms with E-state index >= 15 is 0 Å². The zero-order valence-corrected chi connectivity index (χ0v) is 10.7. The SMILES string of the molecule is COC(=O)C(O)(C(C)C)C(C)CC(C)C. The van der Waals surface area contributed by atoms with E-state index in [0.29, 0.717) is 5.92 Å². The quantitative estimate of drug-likeness (QED) is 0.717. The Balaban J connectivity index is 4.86. The van der Waals surface area contributed by atoms with Crippen molar-refractivity contribution in [1.29, 1.82) is 0 Å². The Kier molecular flexibility index (Phi) is 5.29. The van der Waals surface area contributed by atoms with Crippen molar-refractivity contribution in [2.45, 2.75) is 46.6 Å². The van der Waals surface area contributed by atoms with E-state index in [0.717, 1.165) is 6.42 Å². The highest BCUT2D eigenvalue weighted by molar-refractivity contribution is 5.79. The molecule has 0 amide bonds. The molecule has 0 aliphatic rings. The number of ether oxygens (including phenoxy) is 1. The van der Waals surface area contributed by atoms with E-state index in [4.69, 9.17) is 4.74 Å². The first-order valence-electron chi connectivity index (χ1n) is 5.57. The van der Waals surface area contributed by atoms with E-state index < -0.39 is 11.6 Å². The van der Waals surface area contributed by atoms with Crippen LogP contribution in [0.5, 0.6) is 0 Å². The second-order valence-corrected chi connectivity index (χ2v) is 5.00. The predicted molar refractivity (Wildman–Crippen MR) is 60.4 cm³/mol. The predicted octanol–water partition coefficient (Wildman–Crippen LogP) is 2.23. The maximum absolute atomic E-state index is 11.6. The van der Waals surface area contributed by atoms with Crippen molar-refractivity contribution in [2.75, 3.05) is 7.11 Å². The van der Waals surface area contributed by atoms with Crippen molar-refractivity contribution < 1.29 is 14.6 Å². The molecule has 0 aliphatic carbocycles. The summed E-state index contributed by atoms with van der Waals surface area (Å²) in [6.45, 7) is 9.74. The summed E-state index contributed by atoms with van der Waals surface area (Å²) < 4.78 is 4.69. The van der Waals surface area contributed by atoms with E-state index in [9.17, 15) is 9.90 Å². The van der Waals surface area contributed by atoms with Gasteiger partial charge in [0, 0.05) is 0 Å². The first-order chi connectivity index (χ1) is 6.76. The zero-order valence-electron chi connectivity index (χ0n) is 10.7. The van der Waals surface area contributed by atoms with Gasteiger partial charge in [-0.3, -0.25) is 0 Å². The number of aliphatic hydroxyl groups is 1. The molecular weight excluding hydrogens is 192 g/mol. The molecule has 0 fully saturated rings. The van der Waals surface area contributed by atoms with Crippen LogP contribution in [0.4, 0.5) is 0 Å². The molecule has 0 heterocycles. The van der Waals surface area contributed by atoms with Crippen LogP contribution in [0, 0.1) is 17.8 Å². The number of hydrogen-bond donors (Lipinski definition) is 1. The second-order valence-electron chi connectivity index (χ2n) is 5.00. The van der Waals surface area contributed by atoms with Gasteiger partial charge in [-0.2, -0.15) is 0 Å². The van der Waals surface area contributed by atoms with Gasteiger partial charge in [-0.05, 0) is 24.2 Å². The van der Waals surface area contributed by atoms with Crippen LogP contribution in [-0.2, 0) is 9.53 Å². The first-order valence-corrected chi connectivity index (χ1v) is 5.57. The normalized spacial score (nSPS) is 17.7. The fourth-order valence-corrected chi connectivity index (χ4v) is 2.06. The van der Waals surface area contributed by atoms with Gasteiger partial charge >= 0.3 is 5.97 Å². The molecule has 2 atom stereocenters. The minimum absolute atomic E-state index is 0.0926. The molecule has 0 radical (unpaired) electrons. The Labute approximate surface area is 92.8 Å². The van der Waals surface area contributed by atoms with Crippen LogP contribution in [0.1, 0.15) is 41.0 Å². The molecule has 3 heteroatoms. The van der Waals surface area contributed by atoms with Gasteiger partial charge in [-0.25, -0.2) is 4.79 Å². The van der Waals surface area contributed by atoms with Crippen LogP contribution < -0.4 is 0 Å². The van der Waals surface area contributed by atoms with Gasteiger partial charge in [0.1, 0.15) is 0 Å². The molecule has 90 valence electrons. The average Bonchev–Trinajstić information content (AvgIpc) is 2.13. The van der Waals surface area contributed by atoms with Gasteiger partial charge in [0.2, 0.25) is 0 Å². The number of methoxy groups -OCH3 is 1. The molecule has 0 rings (SSSR count). The first kappa shape index (κ1) is 14.4. The number of carbonyl (C=O) groups is 1. The lowest BCUT2D eigenvalue weighted by molar-refractivity contribution is -0.175. The molecule has 0 saturated carbocycles. The van der Waals surface area contributed by atoms with E-state index in [1.54, 1.807) is 0 Å². The molecule has 3 nitrogen and oxygen atoms in total. The number of esters is 1. The largest absolute Gasteiger partial charge is 0.467 e. The number of rotatable bonds is 5. The molecule has 2 unspecified atom stereocenters. The second kappa shape index (κ2) is 5.50. The van der Waals surface area contributed by atoms with Gasteiger partial charge in [0.15, 0.2) is 5.60 Å².